The van der Waals surface area contributed by atoms with Gasteiger partial charge in [0.25, 0.3) is 0 Å². The van der Waals surface area contributed by atoms with E-state index in [0.717, 1.165) is 18.8 Å². The highest BCUT2D eigenvalue weighted by atomic mass is 16.5. The molecule has 1 atom stereocenters. The van der Waals surface area contributed by atoms with Crippen molar-refractivity contribution in [2.75, 3.05) is 13.2 Å². The summed E-state index contributed by atoms with van der Waals surface area (Å²) in [6.45, 7) is 9.87. The molecule has 0 aromatic carbocycles. The fourth-order valence-corrected chi connectivity index (χ4v) is 1.37. The minimum atomic E-state index is -0.0596. The molecule has 0 fully saturated rings. The molecule has 1 rings (SSSR count). The van der Waals surface area contributed by atoms with Gasteiger partial charge in [-0.25, -0.2) is 0 Å². The third-order valence-electron chi connectivity index (χ3n) is 2.22. The molecule has 16 heavy (non-hydrogen) atoms. The van der Waals surface area contributed by atoms with E-state index in [4.69, 9.17) is 4.74 Å². The highest BCUT2D eigenvalue weighted by molar-refractivity contribution is 5.07. The average Bonchev–Trinajstić information content (AvgIpc) is 2.24. The molecule has 1 heterocycles. The topological polar surface area (TPSA) is 34.1 Å². The molecule has 0 spiro atoms. The smallest absolute Gasteiger partial charge is 0.0599 e. The summed E-state index contributed by atoms with van der Waals surface area (Å²) in [5.41, 5.74) is 1.01. The quantitative estimate of drug-likeness (QED) is 0.777. The second kappa shape index (κ2) is 5.97. The van der Waals surface area contributed by atoms with Crippen LogP contribution in [0.4, 0.5) is 0 Å². The monoisotopic (exact) mass is 222 g/mol. The van der Waals surface area contributed by atoms with Crippen molar-refractivity contribution in [1.29, 1.82) is 0 Å². The van der Waals surface area contributed by atoms with Gasteiger partial charge in [0.05, 0.1) is 17.9 Å². The number of ether oxygens (including phenoxy) is 1. The Labute approximate surface area is 98.2 Å². The highest BCUT2D eigenvalue weighted by Crippen LogP contribution is 2.08. The van der Waals surface area contributed by atoms with E-state index in [9.17, 15) is 0 Å². The summed E-state index contributed by atoms with van der Waals surface area (Å²) in [6.07, 6.45) is 1.82. The number of hydrogen-bond donors (Lipinski definition) is 1. The van der Waals surface area contributed by atoms with E-state index >= 15 is 0 Å². The van der Waals surface area contributed by atoms with Gasteiger partial charge < -0.3 is 10.1 Å². The number of hydrogen-bond acceptors (Lipinski definition) is 3. The fourth-order valence-electron chi connectivity index (χ4n) is 1.37. The van der Waals surface area contributed by atoms with Crippen molar-refractivity contribution in [1.82, 2.24) is 10.3 Å². The second-order valence-electron chi connectivity index (χ2n) is 4.89. The van der Waals surface area contributed by atoms with E-state index in [-0.39, 0.29) is 11.6 Å². The van der Waals surface area contributed by atoms with Crippen LogP contribution in [-0.2, 0) is 4.74 Å². The largest absolute Gasteiger partial charge is 0.375 e. The predicted molar refractivity (Wildman–Crippen MR) is 66.4 cm³/mol. The van der Waals surface area contributed by atoms with Crippen molar-refractivity contribution in [3.63, 3.8) is 0 Å². The van der Waals surface area contributed by atoms with Gasteiger partial charge in [-0.3, -0.25) is 4.98 Å². The third-order valence-corrected chi connectivity index (χ3v) is 2.22. The maximum absolute atomic E-state index is 5.63. The van der Waals surface area contributed by atoms with Crippen molar-refractivity contribution in [2.24, 2.45) is 0 Å². The van der Waals surface area contributed by atoms with Gasteiger partial charge in [0.1, 0.15) is 0 Å². The van der Waals surface area contributed by atoms with Crippen LogP contribution in [0.1, 0.15) is 39.4 Å². The SMILES string of the molecule is C[C@H](NCCOC(C)(C)C)c1ccccn1. The lowest BCUT2D eigenvalue weighted by atomic mass is 10.2. The van der Waals surface area contributed by atoms with E-state index in [1.165, 1.54) is 0 Å². The maximum Gasteiger partial charge on any atom is 0.0599 e. The van der Waals surface area contributed by atoms with Crippen molar-refractivity contribution in [3.05, 3.63) is 30.1 Å². The molecule has 90 valence electrons. The number of aromatic nitrogens is 1. The van der Waals surface area contributed by atoms with Crippen LogP contribution in [0, 0.1) is 0 Å². The molecule has 3 heteroatoms. The zero-order valence-electron chi connectivity index (χ0n) is 10.7. The van der Waals surface area contributed by atoms with Gasteiger partial charge in [0.15, 0.2) is 0 Å². The van der Waals surface area contributed by atoms with Crippen molar-refractivity contribution in [3.8, 4) is 0 Å². The van der Waals surface area contributed by atoms with Crippen LogP contribution in [0.15, 0.2) is 24.4 Å². The van der Waals surface area contributed by atoms with Crippen LogP contribution in [0.2, 0.25) is 0 Å². The third kappa shape index (κ3) is 5.24. The van der Waals surface area contributed by atoms with Gasteiger partial charge in [0.2, 0.25) is 0 Å². The number of rotatable bonds is 5. The Balaban J connectivity index is 2.24. The normalized spacial score (nSPS) is 13.8. The lowest BCUT2D eigenvalue weighted by molar-refractivity contribution is -0.00152. The minimum absolute atomic E-state index is 0.0596. The standard InChI is InChI=1S/C13H22N2O/c1-11(12-7-5-6-8-15-12)14-9-10-16-13(2,3)4/h5-8,11,14H,9-10H2,1-4H3/t11-/m0/s1. The summed E-state index contributed by atoms with van der Waals surface area (Å²) >= 11 is 0. The van der Waals surface area contributed by atoms with Gasteiger partial charge >= 0.3 is 0 Å². The number of nitrogens with zero attached hydrogens (tertiary/aromatic N) is 1. The number of pyridine rings is 1. The van der Waals surface area contributed by atoms with Crippen LogP contribution >= 0.6 is 0 Å². The zero-order valence-corrected chi connectivity index (χ0v) is 10.7. The van der Waals surface area contributed by atoms with E-state index in [1.54, 1.807) is 0 Å². The van der Waals surface area contributed by atoms with E-state index < -0.39 is 0 Å². The van der Waals surface area contributed by atoms with E-state index in [0.29, 0.717) is 0 Å². The minimum Gasteiger partial charge on any atom is -0.375 e. The van der Waals surface area contributed by atoms with E-state index in [2.05, 4.69) is 38.0 Å². The summed E-state index contributed by atoms with van der Waals surface area (Å²) in [6, 6.07) is 6.23. The van der Waals surface area contributed by atoms with Crippen molar-refractivity contribution >= 4 is 0 Å². The molecule has 0 saturated heterocycles. The van der Waals surface area contributed by atoms with E-state index in [1.807, 2.05) is 24.4 Å². The van der Waals surface area contributed by atoms with Crippen LogP contribution < -0.4 is 5.32 Å². The Morgan fingerprint density at radius 3 is 2.69 bits per heavy atom. The van der Waals surface area contributed by atoms with Gasteiger partial charge in [-0.2, -0.15) is 0 Å². The molecule has 0 aliphatic carbocycles. The Bertz CT molecular complexity index is 293. The first-order valence-corrected chi connectivity index (χ1v) is 5.77. The Morgan fingerprint density at radius 1 is 1.38 bits per heavy atom. The molecule has 0 bridgehead atoms. The molecule has 0 unspecified atom stereocenters. The van der Waals surface area contributed by atoms with Gasteiger partial charge in [0, 0.05) is 18.8 Å². The van der Waals surface area contributed by atoms with Gasteiger partial charge in [-0.15, -0.1) is 0 Å². The Morgan fingerprint density at radius 2 is 2.12 bits per heavy atom. The van der Waals surface area contributed by atoms with Crippen LogP contribution in [0.25, 0.3) is 0 Å². The lowest BCUT2D eigenvalue weighted by Gasteiger charge is -2.20. The average molecular weight is 222 g/mol. The first-order chi connectivity index (χ1) is 7.49. The first-order valence-electron chi connectivity index (χ1n) is 5.77. The van der Waals surface area contributed by atoms with Crippen LogP contribution in [0.5, 0.6) is 0 Å². The lowest BCUT2D eigenvalue weighted by Crippen LogP contribution is -2.28. The Kier molecular flexibility index (Phi) is 4.90. The van der Waals surface area contributed by atoms with Crippen LogP contribution in [-0.4, -0.2) is 23.7 Å². The molecule has 0 aliphatic rings. The predicted octanol–water partition coefficient (Wildman–Crippen LogP) is 2.55. The van der Waals surface area contributed by atoms with Gasteiger partial charge in [-0.05, 0) is 39.8 Å². The number of nitrogens with one attached hydrogen (secondary N) is 1. The summed E-state index contributed by atoms with van der Waals surface area (Å²) in [5, 5.41) is 3.38. The van der Waals surface area contributed by atoms with Crippen LogP contribution in [0.3, 0.4) is 0 Å². The molecular formula is C13H22N2O. The van der Waals surface area contributed by atoms with Crippen molar-refractivity contribution < 1.29 is 4.74 Å². The highest BCUT2D eigenvalue weighted by Gasteiger charge is 2.10. The molecule has 3 nitrogen and oxygen atoms in total. The summed E-state index contributed by atoms with van der Waals surface area (Å²) in [4.78, 5) is 4.30. The summed E-state index contributed by atoms with van der Waals surface area (Å²) in [5.74, 6) is 0. The molecular weight excluding hydrogens is 200 g/mol. The molecule has 0 aliphatic heterocycles. The molecule has 1 aromatic rings. The fraction of sp³-hybridized carbons (Fsp3) is 0.615. The molecule has 1 N–H and O–H groups in total. The van der Waals surface area contributed by atoms with Crippen molar-refractivity contribution in [2.45, 2.75) is 39.3 Å². The summed E-state index contributed by atoms with van der Waals surface area (Å²) < 4.78 is 5.63. The molecule has 0 radical (unpaired) electrons. The summed E-state index contributed by atoms with van der Waals surface area (Å²) in [7, 11) is 0. The Hall–Kier alpha value is -0.930. The second-order valence-corrected chi connectivity index (χ2v) is 4.89. The molecule has 1 aromatic heterocycles. The molecule has 0 saturated carbocycles. The first kappa shape index (κ1) is 13.1. The molecule has 0 amide bonds. The zero-order chi connectivity index (χ0) is 12.0. The maximum atomic E-state index is 5.63. The van der Waals surface area contributed by atoms with Gasteiger partial charge in [-0.1, -0.05) is 6.07 Å².